The summed E-state index contributed by atoms with van der Waals surface area (Å²) in [7, 11) is 0. The molecule has 0 spiro atoms. The summed E-state index contributed by atoms with van der Waals surface area (Å²) in [5.41, 5.74) is -1.53. The van der Waals surface area contributed by atoms with Crippen LogP contribution in [-0.4, -0.2) is 25.5 Å². The molecule has 2 unspecified atom stereocenters. The van der Waals surface area contributed by atoms with Crippen molar-refractivity contribution in [3.63, 3.8) is 0 Å². The van der Waals surface area contributed by atoms with Crippen LogP contribution in [0.4, 0.5) is 0 Å². The van der Waals surface area contributed by atoms with Gasteiger partial charge in [0.05, 0.1) is 0 Å². The van der Waals surface area contributed by atoms with Crippen molar-refractivity contribution in [2.24, 2.45) is 5.41 Å². The molecule has 0 bridgehead atoms. The minimum Gasteiger partial charge on any atom is -0.466 e. The number of halogens is 1. The van der Waals surface area contributed by atoms with Crippen LogP contribution in [0.15, 0.2) is 36.9 Å². The second-order valence-corrected chi connectivity index (χ2v) is 7.16. The average molecular weight is 338 g/mol. The van der Waals surface area contributed by atoms with Gasteiger partial charge in [-0.05, 0) is 36.1 Å². The van der Waals surface area contributed by atoms with E-state index in [9.17, 15) is 5.11 Å². The van der Waals surface area contributed by atoms with E-state index in [1.165, 1.54) is 6.33 Å². The maximum Gasteiger partial charge on any atom is 0.222 e. The van der Waals surface area contributed by atoms with Crippen molar-refractivity contribution in [1.82, 2.24) is 14.8 Å². The first-order chi connectivity index (χ1) is 10.8. The highest BCUT2D eigenvalue weighted by molar-refractivity contribution is 6.30. The van der Waals surface area contributed by atoms with Gasteiger partial charge < -0.3 is 9.84 Å². The highest BCUT2D eigenvalue weighted by Gasteiger charge is 2.49. The van der Waals surface area contributed by atoms with Crippen LogP contribution in [0, 0.1) is 5.41 Å². The summed E-state index contributed by atoms with van der Waals surface area (Å²) < 4.78 is 7.67. The van der Waals surface area contributed by atoms with E-state index in [1.807, 2.05) is 27.7 Å². The van der Waals surface area contributed by atoms with Crippen LogP contribution in [0.25, 0.3) is 0 Å². The van der Waals surface area contributed by atoms with Crippen molar-refractivity contribution in [3.8, 4) is 5.75 Å². The molecule has 1 heterocycles. The molecule has 5 nitrogen and oxygen atoms in total. The first kappa shape index (κ1) is 17.8. The predicted octanol–water partition coefficient (Wildman–Crippen LogP) is 4.09. The maximum absolute atomic E-state index is 11.5. The molecule has 6 heteroatoms. The lowest BCUT2D eigenvalue weighted by Gasteiger charge is -2.45. The number of nitrogens with zero attached hydrogens (tertiary/aromatic N) is 3. The molecule has 0 amide bonds. The molecular formula is C17H24ClN3O2. The van der Waals surface area contributed by atoms with Crippen molar-refractivity contribution >= 4 is 11.6 Å². The molecule has 0 aliphatic rings. The summed E-state index contributed by atoms with van der Waals surface area (Å²) in [6, 6.07) is 7.07. The van der Waals surface area contributed by atoms with E-state index in [0.29, 0.717) is 17.2 Å². The maximum atomic E-state index is 11.5. The predicted molar refractivity (Wildman–Crippen MR) is 90.5 cm³/mol. The summed E-state index contributed by atoms with van der Waals surface area (Å²) in [6.45, 7) is 8.03. The number of aliphatic hydroxyl groups is 1. The lowest BCUT2D eigenvalue weighted by molar-refractivity contribution is -0.170. The smallest absolute Gasteiger partial charge is 0.222 e. The van der Waals surface area contributed by atoms with E-state index in [-0.39, 0.29) is 0 Å². The standard InChI is InChI=1S/C17H24ClN3O2/c1-5-10-17(22,16(2,3)4)15(21-12-19-11-20-21)23-14-8-6-13(18)7-9-14/h6-9,11-12,15,22H,5,10H2,1-4H3. The zero-order valence-corrected chi connectivity index (χ0v) is 14.8. The van der Waals surface area contributed by atoms with Crippen LogP contribution < -0.4 is 4.74 Å². The fourth-order valence-electron chi connectivity index (χ4n) is 2.60. The van der Waals surface area contributed by atoms with Crippen LogP contribution in [-0.2, 0) is 0 Å². The molecule has 1 N–H and O–H groups in total. The molecule has 2 atom stereocenters. The average Bonchev–Trinajstić information content (AvgIpc) is 2.99. The van der Waals surface area contributed by atoms with Crippen molar-refractivity contribution < 1.29 is 9.84 Å². The van der Waals surface area contributed by atoms with E-state index in [2.05, 4.69) is 10.1 Å². The SMILES string of the molecule is CCCC(O)(C(Oc1ccc(Cl)cc1)n1cncn1)C(C)(C)C. The van der Waals surface area contributed by atoms with Gasteiger partial charge in [-0.25, -0.2) is 9.67 Å². The Bertz CT molecular complexity index is 608. The fourth-order valence-corrected chi connectivity index (χ4v) is 2.73. The minimum absolute atomic E-state index is 0.411. The first-order valence-electron chi connectivity index (χ1n) is 7.76. The molecule has 0 fully saturated rings. The van der Waals surface area contributed by atoms with Gasteiger partial charge in [0.2, 0.25) is 6.23 Å². The van der Waals surface area contributed by atoms with Crippen molar-refractivity contribution in [3.05, 3.63) is 41.9 Å². The summed E-state index contributed by atoms with van der Waals surface area (Å²) in [5.74, 6) is 0.619. The molecular weight excluding hydrogens is 314 g/mol. The van der Waals surface area contributed by atoms with E-state index in [1.54, 1.807) is 35.3 Å². The van der Waals surface area contributed by atoms with E-state index in [0.717, 1.165) is 6.42 Å². The number of rotatable bonds is 6. The van der Waals surface area contributed by atoms with Crippen LogP contribution in [0.2, 0.25) is 5.02 Å². The van der Waals surface area contributed by atoms with Gasteiger partial charge in [0, 0.05) is 5.02 Å². The Labute approximate surface area is 142 Å². The quantitative estimate of drug-likeness (QED) is 0.862. The van der Waals surface area contributed by atoms with Gasteiger partial charge in [0.1, 0.15) is 24.0 Å². The minimum atomic E-state index is -1.12. The van der Waals surface area contributed by atoms with Gasteiger partial charge in [-0.2, -0.15) is 5.10 Å². The third kappa shape index (κ3) is 3.85. The summed E-state index contributed by atoms with van der Waals surface area (Å²) >= 11 is 5.93. The van der Waals surface area contributed by atoms with Gasteiger partial charge in [0.25, 0.3) is 0 Å². The summed E-state index contributed by atoms with van der Waals surface area (Å²) in [4.78, 5) is 3.99. The summed E-state index contributed by atoms with van der Waals surface area (Å²) in [5, 5.41) is 16.3. The normalized spacial score (nSPS) is 15.9. The molecule has 2 aromatic rings. The topological polar surface area (TPSA) is 60.2 Å². The zero-order chi connectivity index (χ0) is 17.1. The fraction of sp³-hybridized carbons (Fsp3) is 0.529. The molecule has 0 saturated heterocycles. The number of aromatic nitrogens is 3. The van der Waals surface area contributed by atoms with Gasteiger partial charge in [-0.1, -0.05) is 45.7 Å². The van der Waals surface area contributed by atoms with Crippen LogP contribution >= 0.6 is 11.6 Å². The molecule has 126 valence electrons. The summed E-state index contributed by atoms with van der Waals surface area (Å²) in [6.07, 6.45) is 3.71. The van der Waals surface area contributed by atoms with E-state index in [4.69, 9.17) is 16.3 Å². The zero-order valence-electron chi connectivity index (χ0n) is 14.0. The van der Waals surface area contributed by atoms with Gasteiger partial charge in [0.15, 0.2) is 0 Å². The second kappa shape index (κ2) is 6.89. The lowest BCUT2D eigenvalue weighted by atomic mass is 9.72. The molecule has 0 radical (unpaired) electrons. The molecule has 2 rings (SSSR count). The van der Waals surface area contributed by atoms with E-state index >= 15 is 0 Å². The Balaban J connectivity index is 2.43. The van der Waals surface area contributed by atoms with Gasteiger partial charge in [-0.15, -0.1) is 0 Å². The Morgan fingerprint density at radius 2 is 1.91 bits per heavy atom. The second-order valence-electron chi connectivity index (χ2n) is 6.72. The monoisotopic (exact) mass is 337 g/mol. The first-order valence-corrected chi connectivity index (χ1v) is 8.14. The largest absolute Gasteiger partial charge is 0.466 e. The molecule has 0 aliphatic carbocycles. The number of hydrogen-bond acceptors (Lipinski definition) is 4. The molecule has 0 aliphatic heterocycles. The molecule has 0 saturated carbocycles. The lowest BCUT2D eigenvalue weighted by Crippen LogP contribution is -2.52. The Kier molecular flexibility index (Phi) is 5.32. The van der Waals surface area contributed by atoms with Crippen LogP contribution in [0.1, 0.15) is 46.8 Å². The Morgan fingerprint density at radius 1 is 1.26 bits per heavy atom. The van der Waals surface area contributed by atoms with Crippen LogP contribution in [0.5, 0.6) is 5.75 Å². The third-order valence-corrected chi connectivity index (χ3v) is 4.33. The van der Waals surface area contributed by atoms with E-state index < -0.39 is 17.2 Å². The molecule has 23 heavy (non-hydrogen) atoms. The number of ether oxygens (including phenoxy) is 1. The van der Waals surface area contributed by atoms with Gasteiger partial charge >= 0.3 is 0 Å². The van der Waals surface area contributed by atoms with Crippen molar-refractivity contribution in [1.29, 1.82) is 0 Å². The third-order valence-electron chi connectivity index (χ3n) is 4.08. The molecule has 1 aromatic heterocycles. The van der Waals surface area contributed by atoms with Crippen molar-refractivity contribution in [2.45, 2.75) is 52.4 Å². The highest BCUT2D eigenvalue weighted by atomic mass is 35.5. The van der Waals surface area contributed by atoms with Crippen molar-refractivity contribution in [2.75, 3.05) is 0 Å². The number of benzene rings is 1. The number of hydrogen-bond donors (Lipinski definition) is 1. The molecule has 1 aromatic carbocycles. The highest BCUT2D eigenvalue weighted by Crippen LogP contribution is 2.43. The van der Waals surface area contributed by atoms with Crippen LogP contribution in [0.3, 0.4) is 0 Å². The van der Waals surface area contributed by atoms with Gasteiger partial charge in [-0.3, -0.25) is 0 Å². The Hall–Kier alpha value is -1.59. The Morgan fingerprint density at radius 3 is 2.39 bits per heavy atom.